The fourth-order valence-corrected chi connectivity index (χ4v) is 6.76. The lowest BCUT2D eigenvalue weighted by Gasteiger charge is -2.48. The number of alkyl carbamates (subject to hydrolysis) is 1. The van der Waals surface area contributed by atoms with Crippen LogP contribution in [0.2, 0.25) is 5.02 Å². The Hall–Kier alpha value is -2.63. The third-order valence-corrected chi connectivity index (χ3v) is 9.48. The van der Waals surface area contributed by atoms with Crippen molar-refractivity contribution >= 4 is 29.3 Å². The molecule has 5 bridgehead atoms. The van der Waals surface area contributed by atoms with E-state index >= 15 is 0 Å². The molecule has 11 heteroatoms. The predicted molar refractivity (Wildman–Crippen MR) is 161 cm³/mol. The van der Waals surface area contributed by atoms with Crippen LogP contribution in [0.3, 0.4) is 0 Å². The molecule has 43 heavy (non-hydrogen) atoms. The largest absolute Gasteiger partial charge is 0.495 e. The van der Waals surface area contributed by atoms with E-state index in [-0.39, 0.29) is 30.3 Å². The van der Waals surface area contributed by atoms with E-state index < -0.39 is 42.0 Å². The van der Waals surface area contributed by atoms with Gasteiger partial charge in [0.05, 0.1) is 25.3 Å². The van der Waals surface area contributed by atoms with E-state index in [0.717, 1.165) is 11.1 Å². The molecule has 1 N–H and O–H groups in total. The van der Waals surface area contributed by atoms with Crippen LogP contribution < -0.4 is 15.0 Å². The van der Waals surface area contributed by atoms with Crippen LogP contribution in [0.5, 0.6) is 5.75 Å². The minimum atomic E-state index is -1.30. The van der Waals surface area contributed by atoms with Crippen molar-refractivity contribution in [2.45, 2.75) is 95.9 Å². The number of nitrogens with zero attached hydrogens (tertiary/aromatic N) is 1. The zero-order chi connectivity index (χ0) is 31.3. The molecular formula is C32H43ClN2O8. The predicted octanol–water partition coefficient (Wildman–Crippen LogP) is 5.16. The molecule has 0 saturated carbocycles. The second-order valence-electron chi connectivity index (χ2n) is 12.6. The number of carbonyl (C=O) groups excluding carboxylic acids is 2. The van der Waals surface area contributed by atoms with Gasteiger partial charge in [0.25, 0.3) is 0 Å². The zero-order valence-electron chi connectivity index (χ0n) is 26.1. The lowest BCUT2D eigenvalue weighted by atomic mass is 9.83. The Bertz CT molecular complexity index is 1320. The van der Waals surface area contributed by atoms with Crippen LogP contribution in [-0.2, 0) is 34.9 Å². The summed E-state index contributed by atoms with van der Waals surface area (Å²) in [6.45, 7) is 9.87. The van der Waals surface area contributed by atoms with Gasteiger partial charge in [0.2, 0.25) is 5.91 Å². The normalized spacial score (nSPS) is 38.4. The number of benzene rings is 1. The van der Waals surface area contributed by atoms with Crippen LogP contribution in [0, 0.1) is 11.8 Å². The van der Waals surface area contributed by atoms with E-state index in [1.165, 1.54) is 0 Å². The summed E-state index contributed by atoms with van der Waals surface area (Å²) in [6.07, 6.45) is 3.05. The van der Waals surface area contributed by atoms with Crippen molar-refractivity contribution in [3.05, 3.63) is 46.5 Å². The van der Waals surface area contributed by atoms with Crippen molar-refractivity contribution in [2.75, 3.05) is 26.2 Å². The number of anilines is 1. The molecule has 10 nitrogen and oxygen atoms in total. The Morgan fingerprint density at radius 3 is 2.60 bits per heavy atom. The number of methoxy groups -OCH3 is 2. The van der Waals surface area contributed by atoms with E-state index in [0.29, 0.717) is 29.3 Å². The smallest absolute Gasteiger partial charge is 0.409 e. The molecule has 0 radical (unpaired) electrons. The van der Waals surface area contributed by atoms with Crippen molar-refractivity contribution in [3.63, 3.8) is 0 Å². The fourth-order valence-electron chi connectivity index (χ4n) is 6.44. The first-order chi connectivity index (χ1) is 20.3. The summed E-state index contributed by atoms with van der Waals surface area (Å²) in [4.78, 5) is 28.6. The molecule has 3 fully saturated rings. The first-order valence-corrected chi connectivity index (χ1v) is 15.2. The molecule has 4 heterocycles. The summed E-state index contributed by atoms with van der Waals surface area (Å²) >= 11 is 6.74. The van der Waals surface area contributed by atoms with Gasteiger partial charge in [-0.1, -0.05) is 56.2 Å². The minimum Gasteiger partial charge on any atom is -0.495 e. The van der Waals surface area contributed by atoms with Crippen molar-refractivity contribution < 1.29 is 38.0 Å². The maximum atomic E-state index is 14.0. The molecule has 2 unspecified atom stereocenters. The number of ether oxygens (including phenoxy) is 6. The van der Waals surface area contributed by atoms with Gasteiger partial charge in [0, 0.05) is 32.4 Å². The number of rotatable bonds is 3. The molecule has 4 aliphatic heterocycles. The molecule has 2 amide bonds. The van der Waals surface area contributed by atoms with Crippen molar-refractivity contribution in [2.24, 2.45) is 11.8 Å². The number of carbonyl (C=O) groups is 2. The summed E-state index contributed by atoms with van der Waals surface area (Å²) < 4.78 is 37.1. The highest BCUT2D eigenvalue weighted by molar-refractivity contribution is 6.35. The summed E-state index contributed by atoms with van der Waals surface area (Å²) in [7, 11) is 4.84. The third-order valence-electron chi connectivity index (χ3n) is 9.10. The maximum Gasteiger partial charge on any atom is 0.409 e. The zero-order valence-corrected chi connectivity index (χ0v) is 26.9. The third kappa shape index (κ3) is 6.04. The van der Waals surface area contributed by atoms with Gasteiger partial charge < -0.3 is 33.3 Å². The van der Waals surface area contributed by atoms with E-state index in [4.69, 9.17) is 40.0 Å². The first-order valence-electron chi connectivity index (χ1n) is 14.8. The molecule has 0 aliphatic carbocycles. The van der Waals surface area contributed by atoms with Gasteiger partial charge in [0.15, 0.2) is 12.0 Å². The molecule has 4 aliphatic rings. The highest BCUT2D eigenvalue weighted by atomic mass is 35.5. The molecule has 0 aromatic heterocycles. The van der Waals surface area contributed by atoms with Crippen LogP contribution in [0.15, 0.2) is 35.9 Å². The molecule has 5 rings (SSSR count). The standard InChI is InChI=1S/C32H43ClN2O8/c1-17(2)29-41-25-15-26(36)35(6)21-13-20(14-22(38-7)27(21)33)12-18(3)10-9-11-24(39-8)32(43-29)16-23(40-30(37)34-32)19(4)28-31(25,5)42-28/h9-11,13-14,17,19,23-25,28-29H,12,15-16H2,1-8H3,(H,34,37)/b11-9+,18-10+/t19?,23-,24+,25-,28-,29?,31-,32-/m0/s1. The Labute approximate surface area is 258 Å². The lowest BCUT2D eigenvalue weighted by Crippen LogP contribution is -2.67. The number of nitrogens with one attached hydrogen (secondary N) is 1. The van der Waals surface area contributed by atoms with Crippen molar-refractivity contribution in [1.82, 2.24) is 5.32 Å². The van der Waals surface area contributed by atoms with E-state index in [1.807, 2.05) is 65.0 Å². The Balaban J connectivity index is 1.67. The van der Waals surface area contributed by atoms with E-state index in [1.54, 1.807) is 26.2 Å². The molecule has 236 valence electrons. The van der Waals surface area contributed by atoms with Crippen LogP contribution in [0.4, 0.5) is 10.5 Å². The highest BCUT2D eigenvalue weighted by Gasteiger charge is 2.65. The summed E-state index contributed by atoms with van der Waals surface area (Å²) in [5, 5.41) is 3.29. The highest BCUT2D eigenvalue weighted by Crippen LogP contribution is 2.51. The minimum absolute atomic E-state index is 0.00307. The monoisotopic (exact) mass is 618 g/mol. The van der Waals surface area contributed by atoms with Gasteiger partial charge in [-0.05, 0) is 38.0 Å². The Morgan fingerprint density at radius 1 is 1.19 bits per heavy atom. The SMILES string of the molecule is COc1cc2cc(c1Cl)N(C)C(=O)C[C@@H]1OC(C(C)C)O[C@@]3(C[C@H](OC(=O)N3)C(C)[C@@H]3O[C@@]13C)[C@H](OC)/C=C/C=C(\C)C2. The van der Waals surface area contributed by atoms with Gasteiger partial charge in [-0.2, -0.15) is 0 Å². The molecule has 8 atom stereocenters. The van der Waals surface area contributed by atoms with E-state index in [2.05, 4.69) is 5.32 Å². The topological polar surface area (TPSA) is 108 Å². The van der Waals surface area contributed by atoms with E-state index in [9.17, 15) is 9.59 Å². The molecular weight excluding hydrogens is 576 g/mol. The van der Waals surface area contributed by atoms with Gasteiger partial charge in [-0.3, -0.25) is 10.1 Å². The maximum absolute atomic E-state index is 14.0. The van der Waals surface area contributed by atoms with Gasteiger partial charge in [0.1, 0.15) is 34.7 Å². The number of halogens is 1. The fraction of sp³-hybridized carbons (Fsp3) is 0.625. The number of allylic oxidation sites excluding steroid dienone is 3. The van der Waals surface area contributed by atoms with Crippen LogP contribution >= 0.6 is 11.6 Å². The first kappa shape index (κ1) is 31.8. The number of fused-ring (bicyclic) bond motifs is 8. The molecule has 1 aromatic carbocycles. The Morgan fingerprint density at radius 2 is 1.93 bits per heavy atom. The van der Waals surface area contributed by atoms with Gasteiger partial charge >= 0.3 is 6.09 Å². The number of hydrogen-bond acceptors (Lipinski definition) is 8. The Kier molecular flexibility index (Phi) is 8.90. The van der Waals surface area contributed by atoms with Crippen LogP contribution in [-0.4, -0.2) is 75.3 Å². The molecule has 1 spiro atoms. The molecule has 1 aromatic rings. The number of hydrogen-bond donors (Lipinski definition) is 1. The van der Waals surface area contributed by atoms with Gasteiger partial charge in [-0.15, -0.1) is 0 Å². The number of epoxide rings is 1. The second-order valence-corrected chi connectivity index (χ2v) is 13.0. The van der Waals surface area contributed by atoms with Crippen molar-refractivity contribution in [1.29, 1.82) is 0 Å². The van der Waals surface area contributed by atoms with Crippen LogP contribution in [0.25, 0.3) is 0 Å². The second kappa shape index (κ2) is 12.0. The van der Waals surface area contributed by atoms with Crippen molar-refractivity contribution in [3.8, 4) is 5.75 Å². The summed E-state index contributed by atoms with van der Waals surface area (Å²) in [5.41, 5.74) is 0.412. The number of amides is 2. The average molecular weight is 619 g/mol. The average Bonchev–Trinajstić information content (AvgIpc) is 3.65. The summed E-state index contributed by atoms with van der Waals surface area (Å²) in [6, 6.07) is 3.79. The van der Waals surface area contributed by atoms with Crippen LogP contribution in [0.1, 0.15) is 53.0 Å². The van der Waals surface area contributed by atoms with Gasteiger partial charge in [-0.25, -0.2) is 4.79 Å². The quantitative estimate of drug-likeness (QED) is 0.463. The summed E-state index contributed by atoms with van der Waals surface area (Å²) in [5.74, 6) is -0.0853. The molecule has 3 saturated heterocycles. The lowest BCUT2D eigenvalue weighted by molar-refractivity contribution is -0.291.